The number of hydrogen-bond donors (Lipinski definition) is 3. The second-order valence-electron chi connectivity index (χ2n) is 7.74. The minimum Gasteiger partial charge on any atom is -0.366 e. The van der Waals surface area contributed by atoms with Crippen LogP contribution in [0.3, 0.4) is 0 Å². The van der Waals surface area contributed by atoms with Gasteiger partial charge in [0.2, 0.25) is 21.9 Å². The van der Waals surface area contributed by atoms with Crippen LogP contribution < -0.4 is 20.7 Å². The Balaban J connectivity index is 1.92. The van der Waals surface area contributed by atoms with Crippen molar-refractivity contribution in [2.24, 2.45) is 5.73 Å². The van der Waals surface area contributed by atoms with Crippen LogP contribution in [0.5, 0.6) is 0 Å². The van der Waals surface area contributed by atoms with Crippen LogP contribution in [0.1, 0.15) is 27.0 Å². The minimum atomic E-state index is -4.73. The Hall–Kier alpha value is -3.87. The van der Waals surface area contributed by atoms with Gasteiger partial charge in [-0.2, -0.15) is 18.2 Å². The molecule has 0 saturated carbocycles. The SMILES string of the molecule is Cc1ccc(N(C)S(C)(=O)=O)c(CNc2nc(Nc3ccc(C(N)=O)cc3)ncc2C(F)(F)F)c1. The van der Waals surface area contributed by atoms with Gasteiger partial charge in [0.15, 0.2) is 0 Å². The summed E-state index contributed by atoms with van der Waals surface area (Å²) in [5.74, 6) is -1.23. The first-order valence-electron chi connectivity index (χ1n) is 10.1. The number of benzene rings is 2. The highest BCUT2D eigenvalue weighted by Gasteiger charge is 2.35. The van der Waals surface area contributed by atoms with Crippen LogP contribution >= 0.6 is 0 Å². The number of amides is 1. The van der Waals surface area contributed by atoms with E-state index in [4.69, 9.17) is 5.73 Å². The maximum atomic E-state index is 13.6. The fourth-order valence-corrected chi connectivity index (χ4v) is 3.69. The fourth-order valence-electron chi connectivity index (χ4n) is 3.15. The zero-order valence-electron chi connectivity index (χ0n) is 19.0. The molecule has 35 heavy (non-hydrogen) atoms. The van der Waals surface area contributed by atoms with Crippen LogP contribution in [0.25, 0.3) is 0 Å². The van der Waals surface area contributed by atoms with Crippen molar-refractivity contribution in [3.8, 4) is 0 Å². The van der Waals surface area contributed by atoms with Gasteiger partial charge >= 0.3 is 6.18 Å². The number of nitrogens with zero attached hydrogens (tertiary/aromatic N) is 3. The van der Waals surface area contributed by atoms with E-state index >= 15 is 0 Å². The highest BCUT2D eigenvalue weighted by atomic mass is 32.2. The first-order chi connectivity index (χ1) is 16.3. The summed E-state index contributed by atoms with van der Waals surface area (Å²) in [6, 6.07) is 10.9. The van der Waals surface area contributed by atoms with E-state index in [-0.39, 0.29) is 18.1 Å². The van der Waals surface area contributed by atoms with E-state index in [1.54, 1.807) is 25.1 Å². The average Bonchev–Trinajstić information content (AvgIpc) is 2.76. The molecular formula is C22H23F3N6O3S. The third-order valence-corrected chi connectivity index (χ3v) is 6.23. The molecule has 0 fully saturated rings. The van der Waals surface area contributed by atoms with Crippen LogP contribution in [0.4, 0.5) is 36.3 Å². The Labute approximate surface area is 200 Å². The van der Waals surface area contributed by atoms with E-state index < -0.39 is 33.5 Å². The largest absolute Gasteiger partial charge is 0.421 e. The smallest absolute Gasteiger partial charge is 0.366 e. The summed E-state index contributed by atoms with van der Waals surface area (Å²) in [5.41, 5.74) is 6.39. The fraction of sp³-hybridized carbons (Fsp3) is 0.227. The Morgan fingerprint density at radius 2 is 1.80 bits per heavy atom. The second-order valence-corrected chi connectivity index (χ2v) is 9.75. The Morgan fingerprint density at radius 1 is 1.14 bits per heavy atom. The number of rotatable bonds is 8. The molecule has 3 aromatic rings. The van der Waals surface area contributed by atoms with Gasteiger partial charge in [0, 0.05) is 31.0 Å². The number of carbonyl (C=O) groups is 1. The average molecular weight is 509 g/mol. The van der Waals surface area contributed by atoms with Crippen molar-refractivity contribution < 1.29 is 26.4 Å². The van der Waals surface area contributed by atoms with Gasteiger partial charge in [0.25, 0.3) is 0 Å². The van der Waals surface area contributed by atoms with E-state index in [2.05, 4.69) is 20.6 Å². The summed E-state index contributed by atoms with van der Waals surface area (Å²) in [6.07, 6.45) is -3.05. The standard InChI is InChI=1S/C22H23F3N6O3S/c1-13-4-9-18(31(2)35(3,33)34)15(10-13)11-27-20-17(22(23,24)25)12-28-21(30-20)29-16-7-5-14(6-8-16)19(26)32/h4-10,12H,11H2,1-3H3,(H2,26,32)(H2,27,28,29,30). The summed E-state index contributed by atoms with van der Waals surface area (Å²) in [7, 11) is -2.23. The lowest BCUT2D eigenvalue weighted by Crippen LogP contribution is -2.26. The van der Waals surface area contributed by atoms with Crippen LogP contribution in [0.2, 0.25) is 0 Å². The number of primary amides is 1. The van der Waals surface area contributed by atoms with E-state index in [1.807, 2.05) is 0 Å². The van der Waals surface area contributed by atoms with Crippen molar-refractivity contribution in [1.82, 2.24) is 9.97 Å². The third-order valence-electron chi connectivity index (χ3n) is 5.04. The summed E-state index contributed by atoms with van der Waals surface area (Å²) in [5, 5.41) is 5.44. The Bertz CT molecular complexity index is 1350. The number of alkyl halides is 3. The van der Waals surface area contributed by atoms with Gasteiger partial charge in [0.1, 0.15) is 11.4 Å². The molecule has 0 aliphatic heterocycles. The topological polar surface area (TPSA) is 130 Å². The molecule has 0 atom stereocenters. The summed E-state index contributed by atoms with van der Waals surface area (Å²) >= 11 is 0. The maximum Gasteiger partial charge on any atom is 0.421 e. The predicted molar refractivity (Wildman–Crippen MR) is 127 cm³/mol. The molecule has 0 unspecified atom stereocenters. The molecule has 9 nitrogen and oxygen atoms in total. The number of aryl methyl sites for hydroxylation is 1. The quantitative estimate of drug-likeness (QED) is 0.423. The first kappa shape index (κ1) is 25.7. The van der Waals surface area contributed by atoms with Crippen LogP contribution in [-0.4, -0.2) is 37.6 Å². The molecule has 1 amide bonds. The molecule has 0 aliphatic carbocycles. The first-order valence-corrected chi connectivity index (χ1v) is 12.0. The number of sulfonamides is 1. The predicted octanol–water partition coefficient (Wildman–Crippen LogP) is 3.65. The number of carbonyl (C=O) groups excluding carboxylic acids is 1. The lowest BCUT2D eigenvalue weighted by Gasteiger charge is -2.22. The van der Waals surface area contributed by atoms with Crippen molar-refractivity contribution in [2.75, 3.05) is 28.2 Å². The number of nitrogens with one attached hydrogen (secondary N) is 2. The van der Waals surface area contributed by atoms with Gasteiger partial charge in [-0.3, -0.25) is 9.10 Å². The number of nitrogens with two attached hydrogens (primary N) is 1. The van der Waals surface area contributed by atoms with Crippen molar-refractivity contribution in [3.63, 3.8) is 0 Å². The molecule has 4 N–H and O–H groups in total. The molecule has 0 aliphatic rings. The Morgan fingerprint density at radius 3 is 2.37 bits per heavy atom. The molecule has 1 aromatic heterocycles. The van der Waals surface area contributed by atoms with Gasteiger partial charge in [-0.1, -0.05) is 17.7 Å². The maximum absolute atomic E-state index is 13.6. The Kier molecular flexibility index (Phi) is 7.19. The molecule has 0 saturated heterocycles. The summed E-state index contributed by atoms with van der Waals surface area (Å²) in [4.78, 5) is 18.9. The minimum absolute atomic E-state index is 0.120. The zero-order chi connectivity index (χ0) is 26.0. The van der Waals surface area contributed by atoms with Gasteiger partial charge in [-0.25, -0.2) is 13.4 Å². The van der Waals surface area contributed by atoms with Crippen LogP contribution in [0.15, 0.2) is 48.7 Å². The lowest BCUT2D eigenvalue weighted by molar-refractivity contribution is -0.137. The van der Waals surface area contributed by atoms with Gasteiger partial charge < -0.3 is 16.4 Å². The highest BCUT2D eigenvalue weighted by Crippen LogP contribution is 2.35. The van der Waals surface area contributed by atoms with Crippen molar-refractivity contribution in [1.29, 1.82) is 0 Å². The van der Waals surface area contributed by atoms with Gasteiger partial charge in [-0.05, 0) is 42.8 Å². The molecule has 13 heteroatoms. The van der Waals surface area contributed by atoms with Gasteiger partial charge in [-0.15, -0.1) is 0 Å². The van der Waals surface area contributed by atoms with E-state index in [1.165, 1.54) is 31.3 Å². The normalized spacial score (nSPS) is 11.7. The molecule has 0 spiro atoms. The summed E-state index contributed by atoms with van der Waals surface area (Å²) in [6.45, 7) is 1.65. The third kappa shape index (κ3) is 6.38. The highest BCUT2D eigenvalue weighted by molar-refractivity contribution is 7.92. The molecule has 1 heterocycles. The van der Waals surface area contributed by atoms with E-state index in [0.29, 0.717) is 23.1 Å². The molecule has 0 radical (unpaired) electrons. The van der Waals surface area contributed by atoms with E-state index in [9.17, 15) is 26.4 Å². The number of anilines is 4. The summed E-state index contributed by atoms with van der Waals surface area (Å²) < 4.78 is 65.9. The molecular weight excluding hydrogens is 485 g/mol. The monoisotopic (exact) mass is 508 g/mol. The number of hydrogen-bond acceptors (Lipinski definition) is 7. The molecule has 0 bridgehead atoms. The van der Waals surface area contributed by atoms with Crippen molar-refractivity contribution in [3.05, 3.63) is 70.9 Å². The van der Waals surface area contributed by atoms with Crippen molar-refractivity contribution in [2.45, 2.75) is 19.6 Å². The van der Waals surface area contributed by atoms with Crippen LogP contribution in [0, 0.1) is 6.92 Å². The molecule has 3 rings (SSSR count). The zero-order valence-corrected chi connectivity index (χ0v) is 19.8. The van der Waals surface area contributed by atoms with Crippen molar-refractivity contribution >= 4 is 39.1 Å². The van der Waals surface area contributed by atoms with Gasteiger partial charge in [0.05, 0.1) is 11.9 Å². The second kappa shape index (κ2) is 9.78. The lowest BCUT2D eigenvalue weighted by atomic mass is 10.1. The molecule has 186 valence electrons. The number of halogens is 3. The number of aromatic nitrogens is 2. The van der Waals surface area contributed by atoms with Crippen LogP contribution in [-0.2, 0) is 22.7 Å². The molecule has 2 aromatic carbocycles. The van der Waals surface area contributed by atoms with E-state index in [0.717, 1.165) is 16.1 Å².